The van der Waals surface area contributed by atoms with E-state index in [-0.39, 0.29) is 17.3 Å². The average Bonchev–Trinajstić information content (AvgIpc) is 2.30. The van der Waals surface area contributed by atoms with E-state index in [0.29, 0.717) is 10.6 Å². The van der Waals surface area contributed by atoms with Crippen molar-refractivity contribution in [2.45, 2.75) is 37.6 Å². The highest BCUT2D eigenvalue weighted by atomic mass is 79.9. The number of ether oxygens (including phenoxy) is 1. The highest BCUT2D eigenvalue weighted by Gasteiger charge is 2.51. The Hall–Kier alpha value is -0.570. The summed E-state index contributed by atoms with van der Waals surface area (Å²) in [5.74, 6) is 0.0885. The van der Waals surface area contributed by atoms with Gasteiger partial charge < -0.3 is 4.74 Å². The second-order valence-electron chi connectivity index (χ2n) is 4.60. The van der Waals surface area contributed by atoms with Crippen molar-refractivity contribution in [1.82, 2.24) is 0 Å². The lowest BCUT2D eigenvalue weighted by molar-refractivity contribution is -0.0264. The second-order valence-corrected chi connectivity index (χ2v) is 5.70. The van der Waals surface area contributed by atoms with Crippen molar-refractivity contribution in [3.8, 4) is 5.75 Å². The molecule has 2 rings (SSSR count). The van der Waals surface area contributed by atoms with Crippen LogP contribution in [0.15, 0.2) is 24.3 Å². The van der Waals surface area contributed by atoms with Crippen LogP contribution in [-0.2, 0) is 0 Å². The first-order valence-electron chi connectivity index (χ1n) is 5.63. The number of para-hydroxylation sites is 1. The summed E-state index contributed by atoms with van der Waals surface area (Å²) in [6.07, 6.45) is 2.08. The first-order valence-corrected chi connectivity index (χ1v) is 6.54. The Balaban J connectivity index is 2.10. The van der Waals surface area contributed by atoms with Gasteiger partial charge in [-0.05, 0) is 25.0 Å². The Morgan fingerprint density at radius 3 is 2.75 bits per heavy atom. The van der Waals surface area contributed by atoms with E-state index in [1.165, 1.54) is 6.07 Å². The van der Waals surface area contributed by atoms with E-state index in [4.69, 9.17) is 4.74 Å². The van der Waals surface area contributed by atoms with Crippen LogP contribution in [0.5, 0.6) is 5.75 Å². The van der Waals surface area contributed by atoms with Gasteiger partial charge in [0.25, 0.3) is 0 Å². The highest BCUT2D eigenvalue weighted by molar-refractivity contribution is 9.09. The molecule has 1 aromatic rings. The van der Waals surface area contributed by atoms with Gasteiger partial charge in [-0.1, -0.05) is 41.9 Å². The van der Waals surface area contributed by atoms with E-state index < -0.39 is 0 Å². The fourth-order valence-electron chi connectivity index (χ4n) is 2.09. The van der Waals surface area contributed by atoms with Crippen LogP contribution in [0.25, 0.3) is 0 Å². The zero-order chi connectivity index (χ0) is 11.8. The molecule has 3 unspecified atom stereocenters. The first kappa shape index (κ1) is 11.9. The van der Waals surface area contributed by atoms with Gasteiger partial charge in [0.1, 0.15) is 6.10 Å². The summed E-state index contributed by atoms with van der Waals surface area (Å²) in [6, 6.07) is 6.59. The number of benzene rings is 1. The topological polar surface area (TPSA) is 9.23 Å². The molecule has 0 aromatic heterocycles. The summed E-state index contributed by atoms with van der Waals surface area (Å²) in [5.41, 5.74) is 0.113. The molecule has 0 amide bonds. The lowest BCUT2D eigenvalue weighted by Gasteiger charge is -2.50. The highest BCUT2D eigenvalue weighted by Crippen LogP contribution is 2.50. The summed E-state index contributed by atoms with van der Waals surface area (Å²) in [4.78, 5) is 0.474. The van der Waals surface area contributed by atoms with Crippen LogP contribution in [0.1, 0.15) is 26.7 Å². The predicted octanol–water partition coefficient (Wildman–Crippen LogP) is 4.16. The van der Waals surface area contributed by atoms with Crippen LogP contribution >= 0.6 is 15.9 Å². The van der Waals surface area contributed by atoms with Gasteiger partial charge in [0.05, 0.1) is 0 Å². The minimum atomic E-state index is -0.279. The van der Waals surface area contributed by atoms with E-state index in [1.54, 1.807) is 18.2 Å². The average molecular weight is 287 g/mol. The van der Waals surface area contributed by atoms with E-state index >= 15 is 0 Å². The number of halogens is 2. The molecule has 3 heteroatoms. The minimum Gasteiger partial charge on any atom is -0.487 e. The smallest absolute Gasteiger partial charge is 0.165 e. The molecule has 1 saturated carbocycles. The molecule has 0 aliphatic heterocycles. The van der Waals surface area contributed by atoms with Crippen LogP contribution in [0.4, 0.5) is 4.39 Å². The molecular weight excluding hydrogens is 271 g/mol. The molecule has 0 spiro atoms. The molecule has 0 bridgehead atoms. The summed E-state index contributed by atoms with van der Waals surface area (Å²) in [6.45, 7) is 4.33. The Bertz CT molecular complexity index is 382. The molecule has 88 valence electrons. The number of alkyl halides is 1. The normalized spacial score (nSPS) is 33.2. The fourth-order valence-corrected chi connectivity index (χ4v) is 3.05. The Morgan fingerprint density at radius 2 is 2.19 bits per heavy atom. The van der Waals surface area contributed by atoms with Crippen molar-refractivity contribution in [1.29, 1.82) is 0 Å². The Morgan fingerprint density at radius 1 is 1.50 bits per heavy atom. The van der Waals surface area contributed by atoms with Crippen LogP contribution in [0, 0.1) is 11.2 Å². The lowest BCUT2D eigenvalue weighted by atomic mass is 9.65. The van der Waals surface area contributed by atoms with Gasteiger partial charge in [0.15, 0.2) is 11.6 Å². The number of hydrogen-bond acceptors (Lipinski definition) is 1. The molecular formula is C13H16BrFO. The molecule has 0 saturated heterocycles. The van der Waals surface area contributed by atoms with Gasteiger partial charge in [-0.15, -0.1) is 0 Å². The van der Waals surface area contributed by atoms with Gasteiger partial charge in [0, 0.05) is 10.2 Å². The zero-order valence-electron chi connectivity index (χ0n) is 9.54. The summed E-state index contributed by atoms with van der Waals surface area (Å²) < 4.78 is 19.2. The molecule has 0 heterocycles. The first-order chi connectivity index (χ1) is 7.58. The van der Waals surface area contributed by atoms with Gasteiger partial charge in [-0.2, -0.15) is 0 Å². The largest absolute Gasteiger partial charge is 0.487 e. The Kier molecular flexibility index (Phi) is 3.24. The van der Waals surface area contributed by atoms with Crippen molar-refractivity contribution in [2.75, 3.05) is 0 Å². The van der Waals surface area contributed by atoms with Gasteiger partial charge in [0.2, 0.25) is 0 Å². The van der Waals surface area contributed by atoms with Crippen molar-refractivity contribution in [2.24, 2.45) is 5.41 Å². The molecule has 1 fully saturated rings. The molecule has 1 nitrogen and oxygen atoms in total. The summed E-state index contributed by atoms with van der Waals surface area (Å²) >= 11 is 3.64. The molecule has 1 aliphatic rings. The van der Waals surface area contributed by atoms with Crippen molar-refractivity contribution in [3.63, 3.8) is 0 Å². The lowest BCUT2D eigenvalue weighted by Crippen LogP contribution is -2.54. The van der Waals surface area contributed by atoms with Crippen LogP contribution in [0.3, 0.4) is 0 Å². The maximum atomic E-state index is 13.4. The summed E-state index contributed by atoms with van der Waals surface area (Å²) in [5, 5.41) is 0. The molecule has 1 aliphatic carbocycles. The maximum Gasteiger partial charge on any atom is 0.165 e. The zero-order valence-corrected chi connectivity index (χ0v) is 11.1. The van der Waals surface area contributed by atoms with Crippen molar-refractivity contribution in [3.05, 3.63) is 30.1 Å². The van der Waals surface area contributed by atoms with Crippen molar-refractivity contribution >= 4 is 15.9 Å². The minimum absolute atomic E-state index is 0.110. The quantitative estimate of drug-likeness (QED) is 0.759. The molecule has 16 heavy (non-hydrogen) atoms. The standard InChI is InChI=1S/C13H16BrFO/c1-3-13(2)11(14)8-12(13)16-10-7-5-4-6-9(10)15/h4-7,11-12H,3,8H2,1-2H3. The fraction of sp³-hybridized carbons (Fsp3) is 0.538. The molecule has 1 aromatic carbocycles. The molecule has 3 atom stereocenters. The van der Waals surface area contributed by atoms with E-state index in [0.717, 1.165) is 12.8 Å². The number of hydrogen-bond donors (Lipinski definition) is 0. The monoisotopic (exact) mass is 286 g/mol. The second kappa shape index (κ2) is 4.36. The van der Waals surface area contributed by atoms with Crippen LogP contribution in [-0.4, -0.2) is 10.9 Å². The third-order valence-corrected chi connectivity index (χ3v) is 5.16. The van der Waals surface area contributed by atoms with Gasteiger partial charge >= 0.3 is 0 Å². The molecule has 0 radical (unpaired) electrons. The SMILES string of the molecule is CCC1(C)C(Br)CC1Oc1ccccc1F. The van der Waals surface area contributed by atoms with E-state index in [2.05, 4.69) is 29.8 Å². The Labute approximate surface area is 104 Å². The predicted molar refractivity (Wildman–Crippen MR) is 66.5 cm³/mol. The van der Waals surface area contributed by atoms with Gasteiger partial charge in [-0.3, -0.25) is 0 Å². The third-order valence-electron chi connectivity index (χ3n) is 3.74. The van der Waals surface area contributed by atoms with Gasteiger partial charge in [-0.25, -0.2) is 4.39 Å². The number of rotatable bonds is 3. The third kappa shape index (κ3) is 1.86. The van der Waals surface area contributed by atoms with E-state index in [1.807, 2.05) is 0 Å². The van der Waals surface area contributed by atoms with Crippen LogP contribution in [0.2, 0.25) is 0 Å². The maximum absolute atomic E-state index is 13.4. The van der Waals surface area contributed by atoms with E-state index in [9.17, 15) is 4.39 Å². The van der Waals surface area contributed by atoms with Crippen molar-refractivity contribution < 1.29 is 9.13 Å². The van der Waals surface area contributed by atoms with Crippen LogP contribution < -0.4 is 4.74 Å². The summed E-state index contributed by atoms with van der Waals surface area (Å²) in [7, 11) is 0. The molecule has 0 N–H and O–H groups in total.